The number of carbonyl (C=O) groups excluding carboxylic acids is 6. The van der Waals surface area contributed by atoms with Gasteiger partial charge in [-0.3, -0.25) is 28.8 Å². The Bertz CT molecular complexity index is 5710. The summed E-state index contributed by atoms with van der Waals surface area (Å²) >= 11 is 0. The van der Waals surface area contributed by atoms with Crippen LogP contribution in [0.15, 0.2) is 184 Å². The Morgan fingerprint density at radius 2 is 0.836 bits per heavy atom. The summed E-state index contributed by atoms with van der Waals surface area (Å²) in [6.45, 7) is 16.1. The number of rotatable bonds is 23. The van der Waals surface area contributed by atoms with Crippen molar-refractivity contribution >= 4 is 85.6 Å². The Morgan fingerprint density at radius 3 is 1.20 bits per heavy atom. The number of ketones is 3. The van der Waals surface area contributed by atoms with Crippen molar-refractivity contribution in [3.05, 3.63) is 241 Å². The summed E-state index contributed by atoms with van der Waals surface area (Å²) in [6.07, 6.45) is 15.3. The third-order valence-electron chi connectivity index (χ3n) is 21.3. The Morgan fingerprint density at radius 1 is 0.457 bits per heavy atom. The molecule has 3 fully saturated rings. The number of aryl methyl sites for hydroxylation is 4. The van der Waals surface area contributed by atoms with Gasteiger partial charge >= 0.3 is 0 Å². The maximum absolute atomic E-state index is 14.5. The molecule has 0 bridgehead atoms. The smallest absolute Gasteiger partial charge is 0.246 e. The number of nitrogens with zero attached hydrogens (tertiary/aromatic N) is 15. The molecule has 12 aromatic rings. The molecule has 9 heterocycles. The monoisotopic (exact) mass is 1570 g/mol. The summed E-state index contributed by atoms with van der Waals surface area (Å²) in [6, 6.07) is 36.4. The van der Waals surface area contributed by atoms with E-state index in [-0.39, 0.29) is 94.9 Å². The lowest BCUT2D eigenvalue weighted by molar-refractivity contribution is -0.128. The number of nitrogen functional groups attached to an aromatic ring is 3. The highest BCUT2D eigenvalue weighted by molar-refractivity contribution is 6.02. The van der Waals surface area contributed by atoms with Gasteiger partial charge in [-0.25, -0.2) is 57.1 Å². The predicted octanol–water partition coefficient (Wildman–Crippen LogP) is 13.5. The van der Waals surface area contributed by atoms with Crippen molar-refractivity contribution in [2.24, 2.45) is 0 Å². The van der Waals surface area contributed by atoms with Crippen LogP contribution < -0.4 is 26.7 Å². The number of hydrogen-bond acceptors (Lipinski definition) is 20. The molecule has 3 saturated heterocycles. The maximum atomic E-state index is 14.5. The molecule has 0 spiro atoms. The Labute approximate surface area is 666 Å². The van der Waals surface area contributed by atoms with Gasteiger partial charge in [0, 0.05) is 81.3 Å². The Kier molecular flexibility index (Phi) is 25.0. The maximum Gasteiger partial charge on any atom is 0.246 e. The number of piperidine rings is 3. The van der Waals surface area contributed by atoms with Gasteiger partial charge in [0.25, 0.3) is 0 Å². The van der Waals surface area contributed by atoms with E-state index in [9.17, 15) is 41.9 Å². The van der Waals surface area contributed by atoms with Gasteiger partial charge in [-0.15, -0.1) is 0 Å². The zero-order valence-corrected chi connectivity index (χ0v) is 64.5. The molecule has 0 unspecified atom stereocenters. The average molecular weight is 1570 g/mol. The van der Waals surface area contributed by atoms with Crippen LogP contribution in [0.3, 0.4) is 0 Å². The summed E-state index contributed by atoms with van der Waals surface area (Å²) < 4.78 is 58.4. The van der Waals surface area contributed by atoms with Crippen molar-refractivity contribution in [2.75, 3.05) is 70.7 Å². The zero-order chi connectivity index (χ0) is 81.8. The number of amides is 3. The van der Waals surface area contributed by atoms with E-state index >= 15 is 0 Å². The van der Waals surface area contributed by atoms with E-state index in [0.29, 0.717) is 137 Å². The fraction of sp³-hybridized carbons (Fsp3) is 0.276. The second kappa shape index (κ2) is 36.0. The molecule has 3 atom stereocenters. The first kappa shape index (κ1) is 80.4. The minimum absolute atomic E-state index is 0.0227. The zero-order valence-electron chi connectivity index (χ0n) is 64.5. The van der Waals surface area contributed by atoms with Gasteiger partial charge in [-0.05, 0) is 136 Å². The highest BCUT2D eigenvalue weighted by atomic mass is 19.1. The third kappa shape index (κ3) is 17.5. The number of Topliss-reactive ketones (excluding diaryl/α,β-unsaturated/α-hetero) is 3. The van der Waals surface area contributed by atoms with Crippen molar-refractivity contribution in [3.8, 4) is 45.3 Å². The summed E-state index contributed by atoms with van der Waals surface area (Å²) in [7, 11) is 2.82. The predicted molar refractivity (Wildman–Crippen MR) is 436 cm³/mol. The lowest BCUT2D eigenvalue weighted by Crippen LogP contribution is -2.40. The van der Waals surface area contributed by atoms with Gasteiger partial charge < -0.3 is 41.4 Å². The number of fused-ring (bicyclic) bond motifs is 3. The van der Waals surface area contributed by atoms with E-state index in [0.717, 1.165) is 71.9 Å². The van der Waals surface area contributed by atoms with Gasteiger partial charge in [-0.1, -0.05) is 111 Å². The number of hydrogen-bond donors (Lipinski definition) is 3. The van der Waals surface area contributed by atoms with E-state index in [4.69, 9.17) is 42.0 Å². The molecule has 6 aromatic carbocycles. The first-order valence-electron chi connectivity index (χ1n) is 38.2. The molecular weight excluding hydrogens is 1480 g/mol. The molecule has 3 aliphatic heterocycles. The second-order valence-electron chi connectivity index (χ2n) is 28.6. The van der Waals surface area contributed by atoms with E-state index in [2.05, 4.69) is 49.6 Å². The van der Waals surface area contributed by atoms with Crippen LogP contribution in [0, 0.1) is 24.4 Å². The summed E-state index contributed by atoms with van der Waals surface area (Å²) in [5.74, 6) is -1.39. The molecule has 26 nitrogen and oxygen atoms in total. The number of nitrogens with two attached hydrogens (primary N) is 3. The largest absolute Gasteiger partial charge is 0.497 e. The van der Waals surface area contributed by atoms with Crippen LogP contribution in [0.25, 0.3) is 66.9 Å². The second-order valence-corrected chi connectivity index (χ2v) is 28.6. The number of likely N-dealkylation sites (tertiary alicyclic amines) is 3. The number of benzene rings is 6. The van der Waals surface area contributed by atoms with Crippen LogP contribution in [-0.4, -0.2) is 163 Å². The number of carbonyl (C=O) groups is 6. The normalized spacial score (nSPS) is 15.4. The Hall–Kier alpha value is -13.6. The number of aromatic nitrogens is 12. The van der Waals surface area contributed by atoms with Gasteiger partial charge in [0.2, 0.25) is 17.7 Å². The fourth-order valence-corrected chi connectivity index (χ4v) is 15.2. The lowest BCUT2D eigenvalue weighted by atomic mass is 9.98. The summed E-state index contributed by atoms with van der Waals surface area (Å²) in [4.78, 5) is 106. The molecule has 0 saturated carbocycles. The van der Waals surface area contributed by atoms with Crippen molar-refractivity contribution in [1.29, 1.82) is 0 Å². The lowest BCUT2D eigenvalue weighted by Gasteiger charge is -2.32. The van der Waals surface area contributed by atoms with Crippen LogP contribution in [-0.2, 0) is 33.6 Å². The molecule has 116 heavy (non-hydrogen) atoms. The van der Waals surface area contributed by atoms with Crippen LogP contribution in [0.2, 0.25) is 0 Å². The van der Waals surface area contributed by atoms with E-state index < -0.39 is 17.5 Å². The van der Waals surface area contributed by atoms with Gasteiger partial charge in [0.1, 0.15) is 70.9 Å². The molecule has 6 aromatic heterocycles. The number of methoxy groups -OCH3 is 2. The fourth-order valence-electron chi connectivity index (χ4n) is 15.2. The average Bonchev–Trinajstić information content (AvgIpc) is 1.62. The third-order valence-corrected chi connectivity index (χ3v) is 21.3. The molecule has 3 aliphatic rings. The van der Waals surface area contributed by atoms with Gasteiger partial charge in [0.05, 0.1) is 65.2 Å². The van der Waals surface area contributed by atoms with Crippen molar-refractivity contribution < 1.29 is 51.4 Å². The molecule has 3 amide bonds. The molecular formula is C87H87F3N18O8. The topological polar surface area (TPSA) is 339 Å². The molecule has 29 heteroatoms. The van der Waals surface area contributed by atoms with Gasteiger partial charge in [0.15, 0.2) is 45.9 Å². The first-order chi connectivity index (χ1) is 56.2. The van der Waals surface area contributed by atoms with Crippen molar-refractivity contribution in [3.63, 3.8) is 0 Å². The van der Waals surface area contributed by atoms with Gasteiger partial charge in [-0.2, -0.15) is 15.3 Å². The molecule has 15 rings (SSSR count). The minimum atomic E-state index is -0.641. The number of halogens is 3. The van der Waals surface area contributed by atoms with Crippen LogP contribution in [0.5, 0.6) is 11.5 Å². The number of anilines is 3. The molecule has 594 valence electrons. The summed E-state index contributed by atoms with van der Waals surface area (Å²) in [5, 5.41) is 16.7. The van der Waals surface area contributed by atoms with E-state index in [1.807, 2.05) is 86.8 Å². The van der Waals surface area contributed by atoms with E-state index in [1.165, 1.54) is 81.8 Å². The minimum Gasteiger partial charge on any atom is -0.497 e. The standard InChI is InChI=1S/2C29H29FN6O3.C29H29FN6O2/c1-3-24(38)35-15-5-6-20(16-35)36-29-25(28(31)32-17-33-29)27(34-36)19-12-9-18(10-13-19)11-14-22(37)21-7-4-8-23(39-2)26(21)30;1-3-25(38)35-14-4-5-20(16-35)36-29-26(28(31)32-17-33-29)27(34-36)19-9-6-18(7-10-19)8-13-24(37)22-12-11-21(39-2)15-23(22)30;1-3-24(38)35-15-5-7-21(16-35)36-29-26(28(31)32-17-33-29)27(34-36)20-12-9-19(10-13-20)11-14-23(37)25-18(2)6-4-8-22(25)30/h3-4,7-10,12-13,17,20H,1,5-6,11,14-16H2,2H3,(H2,31,32,33);3,6-7,9-12,15,17,20H,1,4-5,8,13-14,16H2,2H3,(H2,31,32,33);3-4,6,8-10,12-13,17,21H,1,5,7,11,14-16H2,2H3,(H2,31,32,33)/t2*20-;21-/m111/s1. The van der Waals surface area contributed by atoms with Crippen molar-refractivity contribution in [2.45, 2.75) is 102 Å². The van der Waals surface area contributed by atoms with Crippen molar-refractivity contribution in [1.82, 2.24) is 73.9 Å². The number of ether oxygens (including phenoxy) is 2. The van der Waals surface area contributed by atoms with Crippen LogP contribution in [0.1, 0.15) is 129 Å². The quantitative estimate of drug-likeness (QED) is 0.0395. The van der Waals surface area contributed by atoms with E-state index in [1.54, 1.807) is 45.9 Å². The summed E-state index contributed by atoms with van der Waals surface area (Å²) in [5.41, 5.74) is 28.8. The molecule has 0 aliphatic carbocycles. The Balaban J connectivity index is 0.000000151. The molecule has 0 radical (unpaired) electrons. The first-order valence-corrected chi connectivity index (χ1v) is 38.2. The highest BCUT2D eigenvalue weighted by Gasteiger charge is 2.33. The highest BCUT2D eigenvalue weighted by Crippen LogP contribution is 2.39. The van der Waals surface area contributed by atoms with Crippen LogP contribution in [0.4, 0.5) is 30.6 Å². The van der Waals surface area contributed by atoms with Crippen LogP contribution >= 0.6 is 0 Å². The molecule has 6 N–H and O–H groups in total. The SMILES string of the molecule is C=CC(=O)N1CCC[C@@H](n2nc(-c3ccc(CCC(=O)c4c(C)cccc4F)cc3)c3c(N)ncnc32)C1.C=CC(=O)N1CCC[C@@H](n2nc(-c3ccc(CCC(=O)c4ccc(OC)cc4F)cc3)c3c(N)ncnc32)C1.C=CC(=O)N1CCC[C@@H](n2nc(-c3ccc(CCC(=O)c4cccc(OC)c4F)cc3)c3c(N)ncnc32)C1.